The van der Waals surface area contributed by atoms with E-state index in [0.29, 0.717) is 84.8 Å². The predicted octanol–water partition coefficient (Wildman–Crippen LogP) is 3.70. The normalized spacial score (nSPS) is 20.2. The number of urea groups is 1. The number of likely N-dealkylation sites (tertiary alicyclic amines) is 1. The molecule has 3 saturated heterocycles. The number of imidazole rings is 1. The third kappa shape index (κ3) is 12.4. The molecule has 308 valence electrons. The summed E-state index contributed by atoms with van der Waals surface area (Å²) in [6.45, 7) is 5.06. The summed E-state index contributed by atoms with van der Waals surface area (Å²) < 4.78 is 26.1. The van der Waals surface area contributed by atoms with Crippen molar-refractivity contribution in [2.75, 3.05) is 59.0 Å². The number of amides is 5. The number of ether oxygens (including phenoxy) is 4. The van der Waals surface area contributed by atoms with E-state index in [1.807, 2.05) is 65.4 Å². The molecule has 4 heterocycles. The maximum absolute atomic E-state index is 13.4. The van der Waals surface area contributed by atoms with Crippen LogP contribution in [0.5, 0.6) is 0 Å². The second kappa shape index (κ2) is 21.4. The highest BCUT2D eigenvalue weighted by atomic mass is 16.7. The van der Waals surface area contributed by atoms with Gasteiger partial charge in [0, 0.05) is 89.7 Å². The number of aryl methyl sites for hydroxylation is 1. The van der Waals surface area contributed by atoms with Crippen LogP contribution < -0.4 is 16.4 Å². The molecule has 57 heavy (non-hydrogen) atoms. The van der Waals surface area contributed by atoms with Crippen molar-refractivity contribution in [3.63, 3.8) is 0 Å². The van der Waals surface area contributed by atoms with Crippen molar-refractivity contribution in [2.45, 2.75) is 70.7 Å². The van der Waals surface area contributed by atoms with Gasteiger partial charge in [0.2, 0.25) is 12.2 Å². The fourth-order valence-electron chi connectivity index (χ4n) is 7.29. The largest absolute Gasteiger partial charge is 0.449 e. The summed E-state index contributed by atoms with van der Waals surface area (Å²) in [4.78, 5) is 61.3. The first-order valence-corrected chi connectivity index (χ1v) is 20.0. The topological polar surface area (TPSA) is 183 Å². The Labute approximate surface area is 333 Å². The number of rotatable bonds is 15. The SMILES string of the molecule is NCc1cccc(CNC(=O)N2CCN(C(=O)OC[C@H]3CCO[C@@H](OC(=O)N4CCC(C(=O)NCCCCn5ccnc5)CC4)C3OCc3ccccc3)CC2)c1. The first kappa shape index (κ1) is 41.4. The number of piperazine rings is 1. The van der Waals surface area contributed by atoms with E-state index in [0.717, 1.165) is 36.1 Å². The number of hydrogen-bond acceptors (Lipinski definition) is 10. The van der Waals surface area contributed by atoms with E-state index in [1.165, 1.54) is 0 Å². The zero-order valence-electron chi connectivity index (χ0n) is 32.5. The molecule has 6 rings (SSSR count). The molecule has 3 aliphatic heterocycles. The Bertz CT molecular complexity index is 1710. The number of nitrogens with one attached hydrogen (secondary N) is 2. The minimum absolute atomic E-state index is 0.0150. The number of carbonyl (C=O) groups excluding carboxylic acids is 4. The van der Waals surface area contributed by atoms with Crippen LogP contribution in [0.2, 0.25) is 0 Å². The molecule has 0 saturated carbocycles. The maximum Gasteiger partial charge on any atom is 0.412 e. The molecule has 3 fully saturated rings. The predicted molar refractivity (Wildman–Crippen MR) is 209 cm³/mol. The third-order valence-corrected chi connectivity index (χ3v) is 10.7. The Morgan fingerprint density at radius 1 is 0.825 bits per heavy atom. The van der Waals surface area contributed by atoms with Gasteiger partial charge in [-0.3, -0.25) is 4.79 Å². The third-order valence-electron chi connectivity index (χ3n) is 10.7. The molecule has 3 aliphatic rings. The summed E-state index contributed by atoms with van der Waals surface area (Å²) in [6.07, 6.45) is 6.17. The highest BCUT2D eigenvalue weighted by Crippen LogP contribution is 2.28. The highest BCUT2D eigenvalue weighted by Gasteiger charge is 2.40. The average Bonchev–Trinajstić information content (AvgIpc) is 3.78. The molecule has 5 amide bonds. The van der Waals surface area contributed by atoms with Gasteiger partial charge in [-0.25, -0.2) is 19.4 Å². The molecule has 16 nitrogen and oxygen atoms in total. The maximum atomic E-state index is 13.4. The summed E-state index contributed by atoms with van der Waals surface area (Å²) in [5, 5.41) is 5.99. The Kier molecular flexibility index (Phi) is 15.5. The fraction of sp³-hybridized carbons (Fsp3) is 0.537. The minimum Gasteiger partial charge on any atom is -0.449 e. The van der Waals surface area contributed by atoms with Crippen LogP contribution >= 0.6 is 0 Å². The van der Waals surface area contributed by atoms with Crippen LogP contribution in [0.25, 0.3) is 0 Å². The van der Waals surface area contributed by atoms with Gasteiger partial charge in [0.1, 0.15) is 6.10 Å². The van der Waals surface area contributed by atoms with Crippen molar-refractivity contribution in [2.24, 2.45) is 17.6 Å². The number of nitrogens with two attached hydrogens (primary N) is 1. The van der Waals surface area contributed by atoms with Crippen LogP contribution in [0.1, 0.15) is 48.8 Å². The zero-order valence-corrected chi connectivity index (χ0v) is 32.5. The van der Waals surface area contributed by atoms with Gasteiger partial charge in [-0.05, 0) is 48.8 Å². The fourth-order valence-corrected chi connectivity index (χ4v) is 7.29. The number of aromatic nitrogens is 2. The van der Waals surface area contributed by atoms with E-state index >= 15 is 0 Å². The van der Waals surface area contributed by atoms with Gasteiger partial charge < -0.3 is 54.6 Å². The lowest BCUT2D eigenvalue weighted by atomic mass is 9.96. The highest BCUT2D eigenvalue weighted by molar-refractivity contribution is 5.79. The summed E-state index contributed by atoms with van der Waals surface area (Å²) in [6, 6.07) is 17.2. The molecular formula is C41H56N8O8. The number of piperidine rings is 1. The number of carbonyl (C=O) groups is 4. The molecule has 3 atom stereocenters. The molecule has 0 spiro atoms. The quantitative estimate of drug-likeness (QED) is 0.192. The van der Waals surface area contributed by atoms with Crippen LogP contribution in [0.15, 0.2) is 73.3 Å². The van der Waals surface area contributed by atoms with E-state index in [4.69, 9.17) is 24.7 Å². The molecule has 16 heteroatoms. The van der Waals surface area contributed by atoms with E-state index in [9.17, 15) is 19.2 Å². The lowest BCUT2D eigenvalue weighted by Crippen LogP contribution is -2.53. The summed E-state index contributed by atoms with van der Waals surface area (Å²) >= 11 is 0. The molecule has 3 aromatic rings. The smallest absolute Gasteiger partial charge is 0.412 e. The summed E-state index contributed by atoms with van der Waals surface area (Å²) in [5.41, 5.74) is 8.64. The second-order valence-corrected chi connectivity index (χ2v) is 14.7. The van der Waals surface area contributed by atoms with E-state index in [1.54, 1.807) is 27.2 Å². The van der Waals surface area contributed by atoms with Crippen molar-refractivity contribution in [3.8, 4) is 0 Å². The molecule has 1 aromatic heterocycles. The molecule has 1 unspecified atom stereocenters. The standard InChI is InChI=1S/C41H56N8O8/c42-26-32-9-6-10-33(25-32)27-45-39(51)47-20-22-49(23-21-47)40(52)56-29-35-13-24-54-38(36(35)55-28-31-7-2-1-3-8-31)57-41(53)48-17-11-34(12-18-48)37(50)44-14-4-5-16-46-19-15-43-30-46/h1-3,6-10,15,19,25,30,34-36,38H,4-5,11-14,16-18,20-24,26-29,42H2,(H,44,50)(H,45,51)/t35-,36?,38+/m1/s1. The van der Waals surface area contributed by atoms with Crippen LogP contribution in [0.3, 0.4) is 0 Å². The van der Waals surface area contributed by atoms with Gasteiger partial charge >= 0.3 is 18.2 Å². The lowest BCUT2D eigenvalue weighted by molar-refractivity contribution is -0.231. The van der Waals surface area contributed by atoms with Gasteiger partial charge in [-0.1, -0.05) is 54.6 Å². The Balaban J connectivity index is 0.946. The molecule has 0 bridgehead atoms. The minimum atomic E-state index is -1.01. The number of nitrogens with zero attached hydrogens (tertiary/aromatic N) is 5. The number of unbranched alkanes of at least 4 members (excludes halogenated alkanes) is 1. The molecule has 4 N–H and O–H groups in total. The van der Waals surface area contributed by atoms with Gasteiger partial charge in [0.15, 0.2) is 0 Å². The first-order valence-electron chi connectivity index (χ1n) is 20.0. The second-order valence-electron chi connectivity index (χ2n) is 14.7. The molecule has 2 aromatic carbocycles. The van der Waals surface area contributed by atoms with Crippen molar-refractivity contribution >= 4 is 24.1 Å². The molecule has 0 radical (unpaired) electrons. The van der Waals surface area contributed by atoms with Crippen LogP contribution in [-0.2, 0) is 50.0 Å². The van der Waals surface area contributed by atoms with E-state index in [2.05, 4.69) is 15.6 Å². The average molecular weight is 789 g/mol. The van der Waals surface area contributed by atoms with Crippen molar-refractivity contribution in [1.82, 2.24) is 34.9 Å². The number of hydrogen-bond donors (Lipinski definition) is 3. The number of benzene rings is 2. The Morgan fingerprint density at radius 2 is 1.56 bits per heavy atom. The summed E-state index contributed by atoms with van der Waals surface area (Å²) in [5.74, 6) is -0.454. The van der Waals surface area contributed by atoms with Gasteiger partial charge in [0.25, 0.3) is 0 Å². The van der Waals surface area contributed by atoms with Crippen LogP contribution in [0, 0.1) is 11.8 Å². The first-order chi connectivity index (χ1) is 27.9. The monoisotopic (exact) mass is 788 g/mol. The Hall–Kier alpha value is -5.19. The van der Waals surface area contributed by atoms with Gasteiger partial charge in [-0.2, -0.15) is 0 Å². The van der Waals surface area contributed by atoms with Crippen molar-refractivity contribution in [3.05, 3.63) is 90.0 Å². The summed E-state index contributed by atoms with van der Waals surface area (Å²) in [7, 11) is 0. The molecule has 0 aliphatic carbocycles. The lowest BCUT2D eigenvalue weighted by Gasteiger charge is -2.39. The van der Waals surface area contributed by atoms with Gasteiger partial charge in [0.05, 0.1) is 26.1 Å². The zero-order chi connectivity index (χ0) is 39.8. The van der Waals surface area contributed by atoms with Crippen LogP contribution in [-0.4, -0.2) is 120 Å². The van der Waals surface area contributed by atoms with E-state index in [-0.39, 0.29) is 37.0 Å². The van der Waals surface area contributed by atoms with Crippen molar-refractivity contribution in [1.29, 1.82) is 0 Å². The van der Waals surface area contributed by atoms with Crippen molar-refractivity contribution < 1.29 is 38.1 Å². The van der Waals surface area contributed by atoms with Crippen LogP contribution in [0.4, 0.5) is 14.4 Å². The van der Waals surface area contributed by atoms with Gasteiger partial charge in [-0.15, -0.1) is 0 Å². The molecular weight excluding hydrogens is 732 g/mol. The Morgan fingerprint density at radius 3 is 2.32 bits per heavy atom. The van der Waals surface area contributed by atoms with E-state index < -0.39 is 24.6 Å².